The van der Waals surface area contributed by atoms with E-state index in [0.29, 0.717) is 11.8 Å². The Morgan fingerprint density at radius 1 is 1.47 bits per heavy atom. The molecule has 0 saturated carbocycles. The van der Waals surface area contributed by atoms with Crippen molar-refractivity contribution in [3.05, 3.63) is 29.8 Å². The molecule has 0 aromatic heterocycles. The molecule has 2 nitrogen and oxygen atoms in total. The fourth-order valence-electron chi connectivity index (χ4n) is 1.04. The molecule has 0 aliphatic carbocycles. The average molecular weight is 232 g/mol. The Morgan fingerprint density at radius 2 is 2.13 bits per heavy atom. The summed E-state index contributed by atoms with van der Waals surface area (Å²) in [6, 6.07) is 6.17. The van der Waals surface area contributed by atoms with Gasteiger partial charge in [0, 0.05) is 4.90 Å². The van der Waals surface area contributed by atoms with E-state index < -0.39 is 11.7 Å². The Kier molecular flexibility index (Phi) is 4.55. The molecule has 0 bridgehead atoms. The Morgan fingerprint density at radius 3 is 2.73 bits per heavy atom. The van der Waals surface area contributed by atoms with E-state index in [-0.39, 0.29) is 17.1 Å². The van der Waals surface area contributed by atoms with Crippen LogP contribution in [0.3, 0.4) is 0 Å². The second kappa shape index (κ2) is 5.70. The summed E-state index contributed by atoms with van der Waals surface area (Å²) in [4.78, 5) is 11.6. The Balaban J connectivity index is 2.90. The van der Waals surface area contributed by atoms with Crippen LogP contribution in [-0.4, -0.2) is 18.3 Å². The van der Waals surface area contributed by atoms with Gasteiger partial charge in [0.25, 0.3) is 5.76 Å². The van der Waals surface area contributed by atoms with Crippen LogP contribution in [0.2, 0.25) is 0 Å². The third-order valence-electron chi connectivity index (χ3n) is 1.60. The van der Waals surface area contributed by atoms with Gasteiger partial charge in [-0.2, -0.15) is 8.78 Å². The van der Waals surface area contributed by atoms with E-state index in [9.17, 15) is 13.6 Å². The SMILES string of the molecule is CCOC(=O)c1ccccc1SC(F)F. The molecule has 5 heteroatoms. The summed E-state index contributed by atoms with van der Waals surface area (Å²) in [5, 5.41) is 0. The number of halogens is 2. The van der Waals surface area contributed by atoms with Crippen LogP contribution in [0, 0.1) is 0 Å². The quantitative estimate of drug-likeness (QED) is 0.589. The van der Waals surface area contributed by atoms with E-state index in [1.165, 1.54) is 12.1 Å². The van der Waals surface area contributed by atoms with Crippen LogP contribution >= 0.6 is 11.8 Å². The van der Waals surface area contributed by atoms with Crippen LogP contribution in [0.25, 0.3) is 0 Å². The fourth-order valence-corrected chi connectivity index (χ4v) is 1.67. The predicted molar refractivity (Wildman–Crippen MR) is 54.3 cm³/mol. The molecule has 1 rings (SSSR count). The van der Waals surface area contributed by atoms with Crippen LogP contribution in [0.15, 0.2) is 29.2 Å². The third kappa shape index (κ3) is 3.51. The van der Waals surface area contributed by atoms with Crippen molar-refractivity contribution in [1.29, 1.82) is 0 Å². The summed E-state index contributed by atoms with van der Waals surface area (Å²) in [6.07, 6.45) is 0. The maximum absolute atomic E-state index is 12.2. The Hall–Kier alpha value is -1.10. The summed E-state index contributed by atoms with van der Waals surface area (Å²) in [5.41, 5.74) is 0.185. The van der Waals surface area contributed by atoms with Gasteiger partial charge in [0.15, 0.2) is 0 Å². The number of carbonyl (C=O) groups excluding carboxylic acids is 1. The van der Waals surface area contributed by atoms with Crippen molar-refractivity contribution in [1.82, 2.24) is 0 Å². The summed E-state index contributed by atoms with van der Waals surface area (Å²) in [5.74, 6) is -3.11. The largest absolute Gasteiger partial charge is 0.462 e. The molecular formula is C10H10F2O2S. The van der Waals surface area contributed by atoms with Crippen LogP contribution in [0.4, 0.5) is 8.78 Å². The summed E-state index contributed by atoms with van der Waals surface area (Å²) in [7, 11) is 0. The molecule has 15 heavy (non-hydrogen) atoms. The lowest BCUT2D eigenvalue weighted by atomic mass is 10.2. The number of ether oxygens (including phenoxy) is 1. The molecule has 82 valence electrons. The molecule has 0 aliphatic heterocycles. The number of rotatable bonds is 4. The zero-order valence-corrected chi connectivity index (χ0v) is 8.89. The second-order valence-corrected chi connectivity index (χ2v) is 3.63. The van der Waals surface area contributed by atoms with Crippen LogP contribution in [0.1, 0.15) is 17.3 Å². The van der Waals surface area contributed by atoms with Gasteiger partial charge in [-0.3, -0.25) is 0 Å². The molecule has 0 amide bonds. The first-order chi connectivity index (χ1) is 7.15. The smallest absolute Gasteiger partial charge is 0.339 e. The third-order valence-corrected chi connectivity index (χ3v) is 2.39. The highest BCUT2D eigenvalue weighted by atomic mass is 32.2. The van der Waals surface area contributed by atoms with Crippen LogP contribution in [0.5, 0.6) is 0 Å². The zero-order valence-electron chi connectivity index (χ0n) is 8.07. The summed E-state index contributed by atoms with van der Waals surface area (Å²) < 4.78 is 29.1. The van der Waals surface area contributed by atoms with Gasteiger partial charge in [0.2, 0.25) is 0 Å². The number of carbonyl (C=O) groups is 1. The molecule has 1 aromatic carbocycles. The molecule has 0 N–H and O–H groups in total. The molecule has 0 heterocycles. The maximum Gasteiger partial charge on any atom is 0.339 e. The predicted octanol–water partition coefficient (Wildman–Crippen LogP) is 3.18. The number of thioether (sulfide) groups is 1. The lowest BCUT2D eigenvalue weighted by Crippen LogP contribution is -2.06. The van der Waals surface area contributed by atoms with Gasteiger partial charge in [-0.1, -0.05) is 23.9 Å². The molecule has 0 fully saturated rings. The normalized spacial score (nSPS) is 10.4. The van der Waals surface area contributed by atoms with Crippen LogP contribution < -0.4 is 0 Å². The van der Waals surface area contributed by atoms with E-state index >= 15 is 0 Å². The van der Waals surface area contributed by atoms with Crippen molar-refractivity contribution in [2.24, 2.45) is 0 Å². The number of hydrogen-bond donors (Lipinski definition) is 0. The van der Waals surface area contributed by atoms with E-state index in [2.05, 4.69) is 0 Å². The lowest BCUT2D eigenvalue weighted by molar-refractivity contribution is 0.0522. The first-order valence-corrected chi connectivity index (χ1v) is 5.24. The summed E-state index contributed by atoms with van der Waals surface area (Å²) in [6.45, 7) is 1.90. The van der Waals surface area contributed by atoms with Crippen molar-refractivity contribution < 1.29 is 18.3 Å². The highest BCUT2D eigenvalue weighted by Crippen LogP contribution is 2.28. The zero-order chi connectivity index (χ0) is 11.3. The van der Waals surface area contributed by atoms with E-state index in [1.54, 1.807) is 19.1 Å². The number of alkyl halides is 2. The molecule has 0 atom stereocenters. The minimum Gasteiger partial charge on any atom is -0.462 e. The van der Waals surface area contributed by atoms with E-state index in [4.69, 9.17) is 4.74 Å². The molecule has 0 unspecified atom stereocenters. The second-order valence-electron chi connectivity index (χ2n) is 2.60. The van der Waals surface area contributed by atoms with Crippen LogP contribution in [-0.2, 0) is 4.74 Å². The molecule has 0 radical (unpaired) electrons. The fraction of sp³-hybridized carbons (Fsp3) is 0.300. The van der Waals surface area contributed by atoms with Gasteiger partial charge in [-0.25, -0.2) is 4.79 Å². The lowest BCUT2D eigenvalue weighted by Gasteiger charge is -2.07. The molecule has 1 aromatic rings. The molecule has 0 saturated heterocycles. The number of hydrogen-bond acceptors (Lipinski definition) is 3. The molecule has 0 aliphatic rings. The van der Waals surface area contributed by atoms with Crippen molar-refractivity contribution >= 4 is 17.7 Å². The highest BCUT2D eigenvalue weighted by molar-refractivity contribution is 7.99. The molecule has 0 spiro atoms. The van der Waals surface area contributed by atoms with Gasteiger partial charge in [0.1, 0.15) is 0 Å². The van der Waals surface area contributed by atoms with Gasteiger partial charge in [-0.15, -0.1) is 0 Å². The van der Waals surface area contributed by atoms with Gasteiger partial charge < -0.3 is 4.74 Å². The van der Waals surface area contributed by atoms with Gasteiger partial charge in [0.05, 0.1) is 12.2 Å². The van der Waals surface area contributed by atoms with Crippen molar-refractivity contribution in [3.63, 3.8) is 0 Å². The standard InChI is InChI=1S/C10H10F2O2S/c1-2-14-9(13)7-5-3-4-6-8(7)15-10(11)12/h3-6,10H,2H2,1H3. The minimum absolute atomic E-state index is 0.185. The van der Waals surface area contributed by atoms with E-state index in [1.807, 2.05) is 0 Å². The number of esters is 1. The minimum atomic E-state index is -2.54. The van der Waals surface area contributed by atoms with Gasteiger partial charge in [-0.05, 0) is 19.1 Å². The number of benzene rings is 1. The average Bonchev–Trinajstić information content (AvgIpc) is 2.18. The Labute approximate surface area is 90.6 Å². The maximum atomic E-state index is 12.2. The molecular weight excluding hydrogens is 222 g/mol. The van der Waals surface area contributed by atoms with Gasteiger partial charge >= 0.3 is 5.97 Å². The van der Waals surface area contributed by atoms with E-state index in [0.717, 1.165) is 0 Å². The Bertz CT molecular complexity index is 342. The first-order valence-electron chi connectivity index (χ1n) is 4.36. The summed E-state index contributed by atoms with van der Waals surface area (Å²) >= 11 is 0.345. The van der Waals surface area contributed by atoms with Crippen molar-refractivity contribution in [3.8, 4) is 0 Å². The highest BCUT2D eigenvalue weighted by Gasteiger charge is 2.15. The topological polar surface area (TPSA) is 26.3 Å². The first kappa shape index (κ1) is 12.0. The van der Waals surface area contributed by atoms with Crippen molar-refractivity contribution in [2.45, 2.75) is 17.6 Å². The monoisotopic (exact) mass is 232 g/mol. The van der Waals surface area contributed by atoms with Crippen molar-refractivity contribution in [2.75, 3.05) is 6.61 Å².